The Morgan fingerprint density at radius 3 is 2.38 bits per heavy atom. The van der Waals surface area contributed by atoms with Crippen LogP contribution in [0.4, 0.5) is 0 Å². The Hall–Kier alpha value is -3.57. The van der Waals surface area contributed by atoms with E-state index < -0.39 is 5.97 Å². The highest BCUT2D eigenvalue weighted by Gasteiger charge is 2.30. The van der Waals surface area contributed by atoms with Crippen LogP contribution in [0.2, 0.25) is 0 Å². The number of fused-ring (bicyclic) bond motifs is 1. The topological polar surface area (TPSA) is 40.1 Å². The molecule has 0 heterocycles. The molecular formula is C27H21O2-. The summed E-state index contributed by atoms with van der Waals surface area (Å²) in [5.74, 6) is 4.91. The van der Waals surface area contributed by atoms with E-state index in [1.165, 1.54) is 33.9 Å². The van der Waals surface area contributed by atoms with E-state index in [0.29, 0.717) is 5.56 Å². The van der Waals surface area contributed by atoms with Gasteiger partial charge in [-0.05, 0) is 47.4 Å². The second kappa shape index (κ2) is 7.11. The van der Waals surface area contributed by atoms with Gasteiger partial charge in [0.15, 0.2) is 0 Å². The summed E-state index contributed by atoms with van der Waals surface area (Å²) in [6.07, 6.45) is 2.31. The number of rotatable bonds is 2. The van der Waals surface area contributed by atoms with E-state index in [1.807, 2.05) is 6.07 Å². The maximum absolute atomic E-state index is 11.3. The quantitative estimate of drug-likeness (QED) is 0.618. The first-order valence-electron chi connectivity index (χ1n) is 9.62. The molecule has 4 rings (SSSR count). The third-order valence-corrected chi connectivity index (χ3v) is 5.36. The van der Waals surface area contributed by atoms with E-state index in [2.05, 4.69) is 75.1 Å². The van der Waals surface area contributed by atoms with Gasteiger partial charge in [0.05, 0.1) is 5.97 Å². The van der Waals surface area contributed by atoms with Crippen LogP contribution < -0.4 is 5.11 Å². The lowest BCUT2D eigenvalue weighted by Gasteiger charge is -2.17. The first kappa shape index (κ1) is 18.8. The SMILES string of the molecule is Cc1ccc(C2=CC(C)(C)c3ccc(C#Cc4ccccc4C(=O)[O-])cc32)cc1. The number of aryl methyl sites for hydroxylation is 1. The average molecular weight is 377 g/mol. The fourth-order valence-corrected chi connectivity index (χ4v) is 3.80. The Kier molecular flexibility index (Phi) is 4.60. The highest BCUT2D eigenvalue weighted by molar-refractivity contribution is 5.89. The number of carbonyl (C=O) groups excluding carboxylic acids is 1. The predicted octanol–water partition coefficient (Wildman–Crippen LogP) is 4.48. The zero-order chi connectivity index (χ0) is 20.6. The fourth-order valence-electron chi connectivity index (χ4n) is 3.80. The minimum absolute atomic E-state index is 0.0525. The molecule has 2 heteroatoms. The van der Waals surface area contributed by atoms with E-state index in [9.17, 15) is 9.90 Å². The second-order valence-electron chi connectivity index (χ2n) is 7.99. The Bertz CT molecular complexity index is 1200. The van der Waals surface area contributed by atoms with Crippen molar-refractivity contribution in [1.29, 1.82) is 0 Å². The summed E-state index contributed by atoms with van der Waals surface area (Å²) in [7, 11) is 0. The zero-order valence-electron chi connectivity index (χ0n) is 16.7. The van der Waals surface area contributed by atoms with Crippen LogP contribution >= 0.6 is 0 Å². The molecule has 1 aliphatic rings. The van der Waals surface area contributed by atoms with Gasteiger partial charge in [-0.2, -0.15) is 0 Å². The van der Waals surface area contributed by atoms with Crippen LogP contribution in [0, 0.1) is 18.8 Å². The average Bonchev–Trinajstić information content (AvgIpc) is 2.97. The van der Waals surface area contributed by atoms with Gasteiger partial charge in [0.2, 0.25) is 0 Å². The minimum atomic E-state index is -1.21. The van der Waals surface area contributed by atoms with Crippen molar-refractivity contribution in [2.75, 3.05) is 0 Å². The molecule has 0 saturated carbocycles. The van der Waals surface area contributed by atoms with Gasteiger partial charge in [-0.25, -0.2) is 0 Å². The Morgan fingerprint density at radius 2 is 1.66 bits per heavy atom. The van der Waals surface area contributed by atoms with Crippen LogP contribution in [0.15, 0.2) is 72.8 Å². The number of allylic oxidation sites excluding steroid dienone is 1. The van der Waals surface area contributed by atoms with Crippen LogP contribution in [-0.2, 0) is 5.41 Å². The Balaban J connectivity index is 1.77. The van der Waals surface area contributed by atoms with Crippen molar-refractivity contribution < 1.29 is 9.90 Å². The molecule has 0 N–H and O–H groups in total. The van der Waals surface area contributed by atoms with Crippen LogP contribution in [0.1, 0.15) is 57.6 Å². The molecule has 0 bridgehead atoms. The maximum atomic E-state index is 11.3. The van der Waals surface area contributed by atoms with Crippen LogP contribution in [0.5, 0.6) is 0 Å². The zero-order valence-corrected chi connectivity index (χ0v) is 16.7. The summed E-state index contributed by atoms with van der Waals surface area (Å²) in [6, 6.07) is 21.5. The van der Waals surface area contributed by atoms with E-state index in [0.717, 1.165) is 5.56 Å². The highest BCUT2D eigenvalue weighted by Crippen LogP contribution is 2.43. The van der Waals surface area contributed by atoms with E-state index >= 15 is 0 Å². The minimum Gasteiger partial charge on any atom is -0.545 e. The van der Waals surface area contributed by atoms with Crippen molar-refractivity contribution in [3.8, 4) is 11.8 Å². The Morgan fingerprint density at radius 1 is 0.931 bits per heavy atom. The van der Waals surface area contributed by atoms with Crippen molar-refractivity contribution in [3.05, 3.63) is 112 Å². The van der Waals surface area contributed by atoms with Crippen molar-refractivity contribution in [3.63, 3.8) is 0 Å². The van der Waals surface area contributed by atoms with Crippen LogP contribution in [0.25, 0.3) is 5.57 Å². The van der Waals surface area contributed by atoms with Crippen molar-refractivity contribution in [2.45, 2.75) is 26.2 Å². The van der Waals surface area contributed by atoms with Crippen LogP contribution in [0.3, 0.4) is 0 Å². The summed E-state index contributed by atoms with van der Waals surface area (Å²) in [5.41, 5.74) is 7.46. The number of carboxylic acid groups (broad SMARTS) is 1. The molecule has 142 valence electrons. The van der Waals surface area contributed by atoms with Crippen molar-refractivity contribution >= 4 is 11.5 Å². The Labute approximate surface area is 171 Å². The molecule has 0 amide bonds. The van der Waals surface area contributed by atoms with Crippen LogP contribution in [-0.4, -0.2) is 5.97 Å². The summed E-state index contributed by atoms with van der Waals surface area (Å²) in [6.45, 7) is 6.52. The number of hydrogen-bond donors (Lipinski definition) is 0. The molecule has 0 spiro atoms. The highest BCUT2D eigenvalue weighted by atomic mass is 16.4. The van der Waals surface area contributed by atoms with Crippen molar-refractivity contribution in [1.82, 2.24) is 0 Å². The number of aromatic carboxylic acids is 1. The monoisotopic (exact) mass is 377 g/mol. The van der Waals surface area contributed by atoms with E-state index in [4.69, 9.17) is 0 Å². The first-order chi connectivity index (χ1) is 13.8. The third-order valence-electron chi connectivity index (χ3n) is 5.36. The maximum Gasteiger partial charge on any atom is 0.0727 e. The van der Waals surface area contributed by atoms with E-state index in [1.54, 1.807) is 18.2 Å². The normalized spacial score (nSPS) is 13.8. The lowest BCUT2D eigenvalue weighted by atomic mass is 9.86. The van der Waals surface area contributed by atoms with Gasteiger partial charge in [0, 0.05) is 22.1 Å². The summed E-state index contributed by atoms with van der Waals surface area (Å²) in [4.78, 5) is 11.3. The predicted molar refractivity (Wildman–Crippen MR) is 114 cm³/mol. The lowest BCUT2D eigenvalue weighted by molar-refractivity contribution is -0.255. The lowest BCUT2D eigenvalue weighted by Crippen LogP contribution is -2.23. The molecule has 2 nitrogen and oxygen atoms in total. The summed E-state index contributed by atoms with van der Waals surface area (Å²) in [5, 5.41) is 11.3. The number of hydrogen-bond acceptors (Lipinski definition) is 2. The van der Waals surface area contributed by atoms with Gasteiger partial charge in [-0.3, -0.25) is 0 Å². The molecule has 3 aromatic carbocycles. The number of benzene rings is 3. The molecular weight excluding hydrogens is 356 g/mol. The smallest absolute Gasteiger partial charge is 0.0727 e. The third kappa shape index (κ3) is 3.60. The van der Waals surface area contributed by atoms with Gasteiger partial charge in [0.1, 0.15) is 0 Å². The van der Waals surface area contributed by atoms with Gasteiger partial charge in [0.25, 0.3) is 0 Å². The summed E-state index contributed by atoms with van der Waals surface area (Å²) >= 11 is 0. The molecule has 0 radical (unpaired) electrons. The van der Waals surface area contributed by atoms with Gasteiger partial charge in [-0.1, -0.05) is 85.9 Å². The van der Waals surface area contributed by atoms with Gasteiger partial charge < -0.3 is 9.90 Å². The van der Waals surface area contributed by atoms with E-state index in [-0.39, 0.29) is 11.0 Å². The molecule has 0 saturated heterocycles. The summed E-state index contributed by atoms with van der Waals surface area (Å²) < 4.78 is 0. The molecule has 0 aromatic heterocycles. The molecule has 0 aliphatic heterocycles. The van der Waals surface area contributed by atoms with Gasteiger partial charge >= 0.3 is 0 Å². The molecule has 29 heavy (non-hydrogen) atoms. The molecule has 0 atom stereocenters. The molecule has 0 unspecified atom stereocenters. The molecule has 3 aromatic rings. The number of carboxylic acids is 1. The standard InChI is InChI=1S/C27H22O2/c1-18-8-12-21(13-9-18)24-17-27(2,3)25-15-11-19(16-23(24)25)10-14-20-6-4-5-7-22(20)26(28)29/h4-9,11-13,15-17H,1-3H3,(H,28,29)/p-1. The number of carbonyl (C=O) groups is 1. The largest absolute Gasteiger partial charge is 0.545 e. The fraction of sp³-hybridized carbons (Fsp3) is 0.148. The van der Waals surface area contributed by atoms with Crippen molar-refractivity contribution in [2.24, 2.45) is 0 Å². The van der Waals surface area contributed by atoms with Gasteiger partial charge in [-0.15, -0.1) is 0 Å². The second-order valence-corrected chi connectivity index (χ2v) is 7.99. The molecule has 0 fully saturated rings. The molecule has 1 aliphatic carbocycles. The first-order valence-corrected chi connectivity index (χ1v) is 9.62.